The van der Waals surface area contributed by atoms with Crippen molar-refractivity contribution in [1.82, 2.24) is 25.4 Å². The third kappa shape index (κ3) is 8.22. The molecule has 1 aliphatic carbocycles. The summed E-state index contributed by atoms with van der Waals surface area (Å²) in [6.07, 6.45) is 2.92. The molecule has 212 valence electrons. The maximum atomic E-state index is 13.2. The molecule has 9 nitrogen and oxygen atoms in total. The SMILES string of the molecule is CC(C)(C)NC(=O)[C@@H]1CN(Cc2cccnc2)CCN1C[C@@H](O)CCC(=O)N[C@H]1c2cc(Cl)ccc2C[C@H]1O. The summed E-state index contributed by atoms with van der Waals surface area (Å²) in [5, 5.41) is 27.9. The molecule has 2 aliphatic rings. The van der Waals surface area contributed by atoms with Gasteiger partial charge in [0.1, 0.15) is 6.04 Å². The van der Waals surface area contributed by atoms with Gasteiger partial charge in [-0.2, -0.15) is 0 Å². The average Bonchev–Trinajstić information content (AvgIpc) is 3.17. The third-order valence-electron chi connectivity index (χ3n) is 7.23. The quantitative estimate of drug-likeness (QED) is 0.373. The van der Waals surface area contributed by atoms with Gasteiger partial charge in [0, 0.05) is 68.5 Å². The predicted octanol–water partition coefficient (Wildman–Crippen LogP) is 2.05. The Labute approximate surface area is 235 Å². The van der Waals surface area contributed by atoms with Crippen molar-refractivity contribution < 1.29 is 19.8 Å². The molecule has 4 N–H and O–H groups in total. The highest BCUT2D eigenvalue weighted by Crippen LogP contribution is 2.33. The number of carbonyl (C=O) groups excluding carboxylic acids is 2. The minimum atomic E-state index is -0.777. The first-order valence-electron chi connectivity index (χ1n) is 13.6. The largest absolute Gasteiger partial charge is 0.392 e. The molecule has 4 rings (SSSR count). The lowest BCUT2D eigenvalue weighted by atomic mass is 10.0. The number of aliphatic hydroxyl groups excluding tert-OH is 2. The highest BCUT2D eigenvalue weighted by atomic mass is 35.5. The maximum Gasteiger partial charge on any atom is 0.239 e. The van der Waals surface area contributed by atoms with E-state index in [9.17, 15) is 19.8 Å². The number of aromatic nitrogens is 1. The van der Waals surface area contributed by atoms with Crippen LogP contribution in [0.4, 0.5) is 0 Å². The summed E-state index contributed by atoms with van der Waals surface area (Å²) in [6, 6.07) is 8.43. The molecule has 0 radical (unpaired) electrons. The summed E-state index contributed by atoms with van der Waals surface area (Å²) in [6.45, 7) is 8.75. The van der Waals surface area contributed by atoms with Gasteiger partial charge in [0.05, 0.1) is 18.2 Å². The van der Waals surface area contributed by atoms with E-state index in [2.05, 4.69) is 20.5 Å². The second-order valence-corrected chi connectivity index (χ2v) is 12.1. The van der Waals surface area contributed by atoms with Gasteiger partial charge in [-0.15, -0.1) is 0 Å². The van der Waals surface area contributed by atoms with Gasteiger partial charge in [0.25, 0.3) is 0 Å². The Hall–Kier alpha value is -2.56. The molecule has 0 saturated carbocycles. The second kappa shape index (κ2) is 12.7. The predicted molar refractivity (Wildman–Crippen MR) is 150 cm³/mol. The van der Waals surface area contributed by atoms with Crippen LogP contribution in [-0.4, -0.2) is 86.8 Å². The Morgan fingerprint density at radius 1 is 1.23 bits per heavy atom. The number of carbonyl (C=O) groups is 2. The summed E-state index contributed by atoms with van der Waals surface area (Å²) in [5.74, 6) is -0.315. The molecule has 2 aromatic rings. The zero-order valence-corrected chi connectivity index (χ0v) is 23.7. The fraction of sp³-hybridized carbons (Fsp3) is 0.552. The standard InChI is InChI=1S/C29H40ClN5O4/c1-29(2,3)33-28(39)24-18-34(16-19-5-4-10-31-15-19)11-12-35(24)17-22(36)8-9-26(38)32-27-23-14-21(30)7-6-20(23)13-25(27)37/h4-7,10,14-15,22,24-25,27,36-37H,8-9,11-13,16-18H2,1-3H3,(H,32,38)(H,33,39)/t22-,24-,25+,27-/m0/s1. The average molecular weight is 558 g/mol. The lowest BCUT2D eigenvalue weighted by Crippen LogP contribution is -2.61. The molecule has 1 aliphatic heterocycles. The van der Waals surface area contributed by atoms with E-state index >= 15 is 0 Å². The van der Waals surface area contributed by atoms with Crippen LogP contribution in [0, 0.1) is 0 Å². The summed E-state index contributed by atoms with van der Waals surface area (Å²) in [5.41, 5.74) is 2.52. The number of pyridine rings is 1. The van der Waals surface area contributed by atoms with Crippen molar-refractivity contribution in [2.24, 2.45) is 0 Å². The van der Waals surface area contributed by atoms with E-state index in [4.69, 9.17) is 11.6 Å². The first-order chi connectivity index (χ1) is 18.5. The van der Waals surface area contributed by atoms with Crippen LogP contribution in [0.15, 0.2) is 42.7 Å². The number of piperazine rings is 1. The van der Waals surface area contributed by atoms with Crippen LogP contribution in [0.2, 0.25) is 5.02 Å². The smallest absolute Gasteiger partial charge is 0.239 e. The first kappa shape index (κ1) is 29.4. The van der Waals surface area contributed by atoms with Gasteiger partial charge in [0.15, 0.2) is 0 Å². The molecule has 10 heteroatoms. The molecular weight excluding hydrogens is 518 g/mol. The minimum absolute atomic E-state index is 0.0733. The third-order valence-corrected chi connectivity index (χ3v) is 7.46. The first-order valence-corrected chi connectivity index (χ1v) is 14.0. The van der Waals surface area contributed by atoms with E-state index in [1.807, 2.05) is 50.1 Å². The zero-order chi connectivity index (χ0) is 28.2. The number of hydrogen-bond donors (Lipinski definition) is 4. The topological polar surface area (TPSA) is 118 Å². The highest BCUT2D eigenvalue weighted by Gasteiger charge is 2.35. The van der Waals surface area contributed by atoms with E-state index in [-0.39, 0.29) is 30.2 Å². The van der Waals surface area contributed by atoms with Gasteiger partial charge in [0.2, 0.25) is 11.8 Å². The van der Waals surface area contributed by atoms with Crippen molar-refractivity contribution in [3.8, 4) is 0 Å². The normalized spacial score (nSPS) is 22.8. The van der Waals surface area contributed by atoms with Crippen molar-refractivity contribution in [2.75, 3.05) is 26.2 Å². The number of amides is 2. The van der Waals surface area contributed by atoms with Crippen LogP contribution in [0.25, 0.3) is 0 Å². The van der Waals surface area contributed by atoms with E-state index in [0.29, 0.717) is 37.6 Å². The van der Waals surface area contributed by atoms with E-state index in [0.717, 1.165) is 23.2 Å². The van der Waals surface area contributed by atoms with E-state index < -0.39 is 24.3 Å². The zero-order valence-electron chi connectivity index (χ0n) is 22.9. The number of nitrogens with one attached hydrogen (secondary N) is 2. The van der Waals surface area contributed by atoms with Crippen molar-refractivity contribution in [2.45, 2.75) is 76.4 Å². The van der Waals surface area contributed by atoms with Crippen LogP contribution in [0.5, 0.6) is 0 Å². The van der Waals surface area contributed by atoms with Gasteiger partial charge in [-0.05, 0) is 62.1 Å². The molecule has 1 aromatic carbocycles. The summed E-state index contributed by atoms with van der Waals surface area (Å²) in [4.78, 5) is 34.4. The number of halogens is 1. The van der Waals surface area contributed by atoms with Crippen molar-refractivity contribution >= 4 is 23.4 Å². The fourth-order valence-electron chi connectivity index (χ4n) is 5.36. The second-order valence-electron chi connectivity index (χ2n) is 11.7. The molecule has 0 unspecified atom stereocenters. The number of nitrogens with zero attached hydrogens (tertiary/aromatic N) is 3. The van der Waals surface area contributed by atoms with E-state index in [1.165, 1.54) is 0 Å². The van der Waals surface area contributed by atoms with Crippen molar-refractivity contribution in [1.29, 1.82) is 0 Å². The molecule has 1 saturated heterocycles. The molecule has 1 aromatic heterocycles. The van der Waals surface area contributed by atoms with Crippen molar-refractivity contribution in [3.05, 3.63) is 64.4 Å². The Kier molecular flexibility index (Phi) is 9.61. The molecule has 39 heavy (non-hydrogen) atoms. The van der Waals surface area contributed by atoms with Crippen LogP contribution < -0.4 is 10.6 Å². The number of hydrogen-bond acceptors (Lipinski definition) is 7. The van der Waals surface area contributed by atoms with Crippen molar-refractivity contribution in [3.63, 3.8) is 0 Å². The number of aliphatic hydroxyl groups is 2. The molecule has 0 bridgehead atoms. The minimum Gasteiger partial charge on any atom is -0.392 e. The van der Waals surface area contributed by atoms with Gasteiger partial charge in [-0.1, -0.05) is 23.7 Å². The van der Waals surface area contributed by atoms with Crippen LogP contribution >= 0.6 is 11.6 Å². The van der Waals surface area contributed by atoms with Gasteiger partial charge >= 0.3 is 0 Å². The summed E-state index contributed by atoms with van der Waals surface area (Å²) >= 11 is 6.12. The number of rotatable bonds is 9. The molecule has 2 heterocycles. The summed E-state index contributed by atoms with van der Waals surface area (Å²) < 4.78 is 0. The number of β-amino-alcohol motifs (C(OH)–C–C–N with tert-alkyl or cyclic N) is 1. The fourth-order valence-corrected chi connectivity index (χ4v) is 5.54. The Bertz CT molecular complexity index is 1140. The Balaban J connectivity index is 1.32. The van der Waals surface area contributed by atoms with Gasteiger partial charge in [-0.3, -0.25) is 24.4 Å². The van der Waals surface area contributed by atoms with Gasteiger partial charge < -0.3 is 20.8 Å². The Morgan fingerprint density at radius 2 is 2.03 bits per heavy atom. The molecule has 4 atom stereocenters. The highest BCUT2D eigenvalue weighted by molar-refractivity contribution is 6.30. The number of fused-ring (bicyclic) bond motifs is 1. The van der Waals surface area contributed by atoms with Crippen LogP contribution in [0.3, 0.4) is 0 Å². The van der Waals surface area contributed by atoms with Crippen LogP contribution in [0.1, 0.15) is 56.3 Å². The lowest BCUT2D eigenvalue weighted by molar-refractivity contribution is -0.131. The lowest BCUT2D eigenvalue weighted by Gasteiger charge is -2.42. The van der Waals surface area contributed by atoms with E-state index in [1.54, 1.807) is 18.3 Å². The monoisotopic (exact) mass is 557 g/mol. The Morgan fingerprint density at radius 3 is 2.74 bits per heavy atom. The molecule has 2 amide bonds. The molecule has 0 spiro atoms. The summed E-state index contributed by atoms with van der Waals surface area (Å²) in [7, 11) is 0. The molecular formula is C29H40ClN5O4. The van der Waals surface area contributed by atoms with Gasteiger partial charge in [-0.25, -0.2) is 0 Å². The maximum absolute atomic E-state index is 13.2. The number of benzene rings is 1. The van der Waals surface area contributed by atoms with Crippen LogP contribution in [-0.2, 0) is 22.6 Å². The molecule has 1 fully saturated rings.